The Morgan fingerprint density at radius 3 is 2.53 bits per heavy atom. The van der Waals surface area contributed by atoms with Gasteiger partial charge in [0.05, 0.1) is 7.11 Å². The van der Waals surface area contributed by atoms with Gasteiger partial charge in [-0.2, -0.15) is 0 Å². The van der Waals surface area contributed by atoms with Crippen molar-refractivity contribution in [2.45, 2.75) is 0 Å². The number of rotatable bonds is 3. The molecule has 2 nitrogen and oxygen atoms in total. The van der Waals surface area contributed by atoms with Crippen molar-refractivity contribution in [3.63, 3.8) is 0 Å². The minimum Gasteiger partial charge on any atom is -0.497 e. The number of fused-ring (bicyclic) bond motifs is 1. The highest BCUT2D eigenvalue weighted by molar-refractivity contribution is 5.91. The van der Waals surface area contributed by atoms with Crippen LogP contribution in [0.1, 0.15) is 11.1 Å². The first-order valence-electron chi connectivity index (χ1n) is 6.25. The van der Waals surface area contributed by atoms with Crippen LogP contribution in [0, 0.1) is 0 Å². The van der Waals surface area contributed by atoms with Gasteiger partial charge < -0.3 is 9.72 Å². The van der Waals surface area contributed by atoms with Crippen LogP contribution in [0.3, 0.4) is 0 Å². The van der Waals surface area contributed by atoms with Gasteiger partial charge in [-0.25, -0.2) is 0 Å². The van der Waals surface area contributed by atoms with E-state index in [1.165, 1.54) is 10.9 Å². The van der Waals surface area contributed by atoms with Gasteiger partial charge in [-0.05, 0) is 29.3 Å². The SMILES string of the molecule is COc1ccc(C=Cc2c[nH]c3ccccc23)cc1. The van der Waals surface area contributed by atoms with Crippen LogP contribution in [0.4, 0.5) is 0 Å². The van der Waals surface area contributed by atoms with Crippen LogP contribution in [-0.2, 0) is 0 Å². The zero-order chi connectivity index (χ0) is 13.1. The third-order valence-electron chi connectivity index (χ3n) is 3.19. The van der Waals surface area contributed by atoms with E-state index >= 15 is 0 Å². The number of H-pyrrole nitrogens is 1. The van der Waals surface area contributed by atoms with E-state index in [-0.39, 0.29) is 0 Å². The van der Waals surface area contributed by atoms with E-state index in [2.05, 4.69) is 35.3 Å². The number of aromatic nitrogens is 1. The summed E-state index contributed by atoms with van der Waals surface area (Å²) in [4.78, 5) is 3.27. The number of para-hydroxylation sites is 1. The van der Waals surface area contributed by atoms with Crippen LogP contribution in [0.25, 0.3) is 23.1 Å². The molecule has 0 radical (unpaired) electrons. The third kappa shape index (κ3) is 2.38. The molecule has 19 heavy (non-hydrogen) atoms. The monoisotopic (exact) mass is 249 g/mol. The number of hydrogen-bond donors (Lipinski definition) is 1. The molecule has 94 valence electrons. The summed E-state index contributed by atoms with van der Waals surface area (Å²) in [6.07, 6.45) is 6.26. The number of methoxy groups -OCH3 is 1. The average molecular weight is 249 g/mol. The molecule has 0 amide bonds. The maximum absolute atomic E-state index is 5.15. The molecule has 0 atom stereocenters. The summed E-state index contributed by atoms with van der Waals surface area (Å²) >= 11 is 0. The Hall–Kier alpha value is -2.48. The minimum absolute atomic E-state index is 0.879. The summed E-state index contributed by atoms with van der Waals surface area (Å²) in [6.45, 7) is 0. The Labute approximate surface area is 112 Å². The fraction of sp³-hybridized carbons (Fsp3) is 0.0588. The van der Waals surface area contributed by atoms with Gasteiger partial charge in [0, 0.05) is 17.1 Å². The predicted molar refractivity (Wildman–Crippen MR) is 80.2 cm³/mol. The molecule has 2 heteroatoms. The first-order chi connectivity index (χ1) is 9.36. The van der Waals surface area contributed by atoms with Gasteiger partial charge in [0.1, 0.15) is 5.75 Å². The van der Waals surface area contributed by atoms with E-state index < -0.39 is 0 Å². The van der Waals surface area contributed by atoms with E-state index in [1.54, 1.807) is 7.11 Å². The van der Waals surface area contributed by atoms with Crippen LogP contribution >= 0.6 is 0 Å². The lowest BCUT2D eigenvalue weighted by Gasteiger charge is -1.99. The van der Waals surface area contributed by atoms with Crippen LogP contribution < -0.4 is 4.74 Å². The average Bonchev–Trinajstić information content (AvgIpc) is 2.89. The number of aromatic amines is 1. The molecule has 0 saturated heterocycles. The molecule has 1 aromatic heterocycles. The molecule has 0 aliphatic carbocycles. The van der Waals surface area contributed by atoms with Crippen molar-refractivity contribution in [3.8, 4) is 5.75 Å². The zero-order valence-electron chi connectivity index (χ0n) is 10.8. The molecule has 0 unspecified atom stereocenters. The lowest BCUT2D eigenvalue weighted by Crippen LogP contribution is -1.81. The summed E-state index contributed by atoms with van der Waals surface area (Å²) in [5.41, 5.74) is 3.52. The highest BCUT2D eigenvalue weighted by Crippen LogP contribution is 2.20. The first kappa shape index (κ1) is 11.6. The molecule has 0 spiro atoms. The molecule has 2 aromatic carbocycles. The Bertz CT molecular complexity index is 707. The first-order valence-corrected chi connectivity index (χ1v) is 6.25. The van der Waals surface area contributed by atoms with Gasteiger partial charge in [-0.1, -0.05) is 42.5 Å². The minimum atomic E-state index is 0.879. The van der Waals surface area contributed by atoms with Gasteiger partial charge in [0.25, 0.3) is 0 Å². The lowest BCUT2D eigenvalue weighted by atomic mass is 10.1. The highest BCUT2D eigenvalue weighted by Gasteiger charge is 1.98. The second kappa shape index (κ2) is 5.02. The lowest BCUT2D eigenvalue weighted by molar-refractivity contribution is 0.415. The van der Waals surface area contributed by atoms with Crippen LogP contribution in [-0.4, -0.2) is 12.1 Å². The molecule has 0 fully saturated rings. The molecule has 0 bridgehead atoms. The Balaban J connectivity index is 1.89. The Kier molecular flexibility index (Phi) is 3.07. The van der Waals surface area contributed by atoms with Crippen LogP contribution in [0.5, 0.6) is 5.75 Å². The topological polar surface area (TPSA) is 25.0 Å². The molecule has 3 aromatic rings. The molecular weight excluding hydrogens is 234 g/mol. The van der Waals surface area contributed by atoms with E-state index in [0.29, 0.717) is 0 Å². The van der Waals surface area contributed by atoms with Crippen molar-refractivity contribution in [2.75, 3.05) is 7.11 Å². The van der Waals surface area contributed by atoms with E-state index in [0.717, 1.165) is 16.8 Å². The van der Waals surface area contributed by atoms with Gasteiger partial charge in [-0.15, -0.1) is 0 Å². The van der Waals surface area contributed by atoms with Crippen molar-refractivity contribution in [1.82, 2.24) is 4.98 Å². The Morgan fingerprint density at radius 1 is 0.947 bits per heavy atom. The number of benzene rings is 2. The van der Waals surface area contributed by atoms with Crippen molar-refractivity contribution >= 4 is 23.1 Å². The number of ether oxygens (including phenoxy) is 1. The van der Waals surface area contributed by atoms with Crippen molar-refractivity contribution in [1.29, 1.82) is 0 Å². The maximum atomic E-state index is 5.15. The van der Waals surface area contributed by atoms with Gasteiger partial charge >= 0.3 is 0 Å². The van der Waals surface area contributed by atoms with E-state index in [4.69, 9.17) is 4.74 Å². The quantitative estimate of drug-likeness (QED) is 0.733. The molecule has 0 saturated carbocycles. The molecule has 0 aliphatic rings. The van der Waals surface area contributed by atoms with Gasteiger partial charge in [0.15, 0.2) is 0 Å². The van der Waals surface area contributed by atoms with Gasteiger partial charge in [0.2, 0.25) is 0 Å². The van der Waals surface area contributed by atoms with Crippen molar-refractivity contribution in [2.24, 2.45) is 0 Å². The largest absolute Gasteiger partial charge is 0.497 e. The van der Waals surface area contributed by atoms with Crippen molar-refractivity contribution < 1.29 is 4.74 Å². The standard InChI is InChI=1S/C17H15NO/c1-19-15-10-7-13(8-11-15)6-9-14-12-18-17-5-3-2-4-16(14)17/h2-12,18H,1H3. The number of nitrogens with one attached hydrogen (secondary N) is 1. The second-order valence-electron chi connectivity index (χ2n) is 4.40. The van der Waals surface area contributed by atoms with Crippen LogP contribution in [0.2, 0.25) is 0 Å². The van der Waals surface area contributed by atoms with Crippen molar-refractivity contribution in [3.05, 3.63) is 65.9 Å². The van der Waals surface area contributed by atoms with Crippen LogP contribution in [0.15, 0.2) is 54.7 Å². The summed E-state index contributed by atoms with van der Waals surface area (Å²) in [7, 11) is 1.68. The smallest absolute Gasteiger partial charge is 0.118 e. The molecule has 0 aliphatic heterocycles. The summed E-state index contributed by atoms with van der Waals surface area (Å²) in [5, 5.41) is 1.24. The summed E-state index contributed by atoms with van der Waals surface area (Å²) in [6, 6.07) is 16.3. The van der Waals surface area contributed by atoms with Gasteiger partial charge in [-0.3, -0.25) is 0 Å². The molecule has 1 N–H and O–H groups in total. The zero-order valence-corrected chi connectivity index (χ0v) is 10.8. The fourth-order valence-electron chi connectivity index (χ4n) is 2.13. The predicted octanol–water partition coefficient (Wildman–Crippen LogP) is 4.35. The number of hydrogen-bond acceptors (Lipinski definition) is 1. The van der Waals surface area contributed by atoms with E-state index in [9.17, 15) is 0 Å². The highest BCUT2D eigenvalue weighted by atomic mass is 16.5. The van der Waals surface area contributed by atoms with E-state index in [1.807, 2.05) is 36.5 Å². The summed E-state index contributed by atoms with van der Waals surface area (Å²) < 4.78 is 5.15. The normalized spacial score (nSPS) is 11.2. The fourth-order valence-corrected chi connectivity index (χ4v) is 2.13. The third-order valence-corrected chi connectivity index (χ3v) is 3.19. The maximum Gasteiger partial charge on any atom is 0.118 e. The molecule has 1 heterocycles. The molecule has 3 rings (SSSR count). The second-order valence-corrected chi connectivity index (χ2v) is 4.40. The Morgan fingerprint density at radius 2 is 1.74 bits per heavy atom. The molecular formula is C17H15NO. The summed E-state index contributed by atoms with van der Waals surface area (Å²) in [5.74, 6) is 0.879.